The number of halogens is 1. The van der Waals surface area contributed by atoms with Gasteiger partial charge in [0, 0.05) is 24.2 Å². The maximum atomic E-state index is 12.8. The minimum Gasteiger partial charge on any atom is -0.494 e. The number of hydrogen-bond acceptors (Lipinski definition) is 6. The molecule has 1 heterocycles. The molecule has 9 nitrogen and oxygen atoms in total. The van der Waals surface area contributed by atoms with E-state index >= 15 is 0 Å². The Morgan fingerprint density at radius 1 is 1.10 bits per heavy atom. The van der Waals surface area contributed by atoms with Gasteiger partial charge in [-0.25, -0.2) is 13.1 Å². The van der Waals surface area contributed by atoms with E-state index in [2.05, 4.69) is 4.72 Å². The zero-order valence-electron chi connectivity index (χ0n) is 24.1. The Bertz CT molecular complexity index is 1470. The Morgan fingerprint density at radius 2 is 1.81 bits per heavy atom. The van der Waals surface area contributed by atoms with Crippen LogP contribution in [0.1, 0.15) is 37.3 Å². The number of rotatable bonds is 10. The Morgan fingerprint density at radius 3 is 2.40 bits per heavy atom. The molecule has 0 atom stereocenters. The van der Waals surface area contributed by atoms with E-state index in [0.29, 0.717) is 54.1 Å². The Kier molecular flexibility index (Phi) is 12.4. The highest BCUT2D eigenvalue weighted by molar-refractivity contribution is 7.89. The van der Waals surface area contributed by atoms with Crippen LogP contribution in [0.2, 0.25) is 5.02 Å². The van der Waals surface area contributed by atoms with E-state index in [4.69, 9.17) is 33.2 Å². The molecule has 4 rings (SSSR count). The van der Waals surface area contributed by atoms with Crippen molar-refractivity contribution in [1.29, 1.82) is 5.41 Å². The number of nitrogens with zero attached hydrogens (tertiary/aromatic N) is 1. The molecule has 0 aromatic heterocycles. The van der Waals surface area contributed by atoms with Gasteiger partial charge in [0.25, 0.3) is 0 Å². The summed E-state index contributed by atoms with van der Waals surface area (Å²) in [6.45, 7) is 6.05. The first-order valence-electron chi connectivity index (χ1n) is 14.0. The second kappa shape index (κ2) is 15.7. The van der Waals surface area contributed by atoms with Gasteiger partial charge in [-0.2, -0.15) is 0 Å². The van der Waals surface area contributed by atoms with Crippen molar-refractivity contribution in [3.8, 4) is 16.9 Å². The summed E-state index contributed by atoms with van der Waals surface area (Å²) in [5.74, 6) is 1.10. The Balaban J connectivity index is 0.000000408. The van der Waals surface area contributed by atoms with Crippen LogP contribution in [0.5, 0.6) is 5.75 Å². The second-order valence-corrected chi connectivity index (χ2v) is 12.3. The van der Waals surface area contributed by atoms with Gasteiger partial charge in [0.1, 0.15) is 11.6 Å². The number of nitrogens with two attached hydrogens (primary N) is 2. The molecular weight excluding hydrogens is 574 g/mol. The molecule has 0 unspecified atom stereocenters. The second-order valence-electron chi connectivity index (χ2n) is 10.1. The number of piperidine rings is 1. The minimum absolute atomic E-state index is 0.0782. The van der Waals surface area contributed by atoms with Gasteiger partial charge in [0.15, 0.2) is 0 Å². The lowest BCUT2D eigenvalue weighted by atomic mass is 9.93. The summed E-state index contributed by atoms with van der Waals surface area (Å²) in [4.78, 5) is 14.3. The van der Waals surface area contributed by atoms with E-state index in [1.165, 1.54) is 6.07 Å². The predicted octanol–water partition coefficient (Wildman–Crippen LogP) is 4.55. The Labute approximate surface area is 253 Å². The zero-order valence-corrected chi connectivity index (χ0v) is 25.7. The molecule has 226 valence electrons. The van der Waals surface area contributed by atoms with Gasteiger partial charge in [-0.15, -0.1) is 0 Å². The third kappa shape index (κ3) is 9.55. The molecule has 3 aromatic rings. The number of carbonyl (C=O) groups excluding carboxylic acids is 1. The van der Waals surface area contributed by atoms with Crippen LogP contribution in [-0.2, 0) is 14.8 Å². The average Bonchev–Trinajstić information content (AvgIpc) is 2.97. The summed E-state index contributed by atoms with van der Waals surface area (Å²) >= 11 is 6.38. The van der Waals surface area contributed by atoms with Gasteiger partial charge in [0.05, 0.1) is 23.1 Å². The number of sulfonamides is 1. The largest absolute Gasteiger partial charge is 0.494 e. The number of carbonyl (C=O) groups is 1. The van der Waals surface area contributed by atoms with Crippen molar-refractivity contribution < 1.29 is 17.9 Å². The summed E-state index contributed by atoms with van der Waals surface area (Å²) in [5.41, 5.74) is 14.2. The van der Waals surface area contributed by atoms with Crippen molar-refractivity contribution in [3.05, 3.63) is 82.9 Å². The molecule has 1 amide bonds. The molecule has 1 fully saturated rings. The van der Waals surface area contributed by atoms with Gasteiger partial charge in [-0.3, -0.25) is 10.2 Å². The van der Waals surface area contributed by atoms with Gasteiger partial charge >= 0.3 is 0 Å². The van der Waals surface area contributed by atoms with Crippen LogP contribution in [-0.4, -0.2) is 57.8 Å². The lowest BCUT2D eigenvalue weighted by Crippen LogP contribution is -2.44. The number of nitrogens with one attached hydrogen (secondary N) is 2. The van der Waals surface area contributed by atoms with Gasteiger partial charge in [-0.05, 0) is 87.5 Å². The number of aryl methyl sites for hydroxylation is 1. The van der Waals surface area contributed by atoms with E-state index in [1.807, 2.05) is 38.1 Å². The van der Waals surface area contributed by atoms with Gasteiger partial charge in [0.2, 0.25) is 15.9 Å². The average molecular weight is 614 g/mol. The molecule has 1 aliphatic heterocycles. The quantitative estimate of drug-likeness (QED) is 0.194. The highest BCUT2D eigenvalue weighted by Crippen LogP contribution is 2.32. The van der Waals surface area contributed by atoms with Gasteiger partial charge < -0.3 is 21.1 Å². The molecular formula is C31H40ClN5O4S. The first kappa shape index (κ1) is 33.1. The fourth-order valence-electron chi connectivity index (χ4n) is 4.69. The number of nitrogen functional groups attached to an aromatic ring is 1. The maximum absolute atomic E-state index is 12.8. The molecule has 42 heavy (non-hydrogen) atoms. The molecule has 11 heteroatoms. The van der Waals surface area contributed by atoms with Crippen LogP contribution in [0.15, 0.2) is 71.6 Å². The summed E-state index contributed by atoms with van der Waals surface area (Å²) in [6, 6.07) is 19.4. The zero-order chi connectivity index (χ0) is 30.7. The van der Waals surface area contributed by atoms with Crippen molar-refractivity contribution in [2.24, 2.45) is 17.4 Å². The number of hydrogen-bond donors (Lipinski definition) is 4. The van der Waals surface area contributed by atoms with E-state index in [-0.39, 0.29) is 23.2 Å². The molecule has 0 bridgehead atoms. The first-order chi connectivity index (χ1) is 20.0. The molecule has 0 radical (unpaired) electrons. The molecule has 0 spiro atoms. The van der Waals surface area contributed by atoms with Gasteiger partial charge in [-0.1, -0.05) is 47.5 Å². The first-order valence-corrected chi connectivity index (χ1v) is 15.8. The fraction of sp³-hybridized carbons (Fsp3) is 0.355. The highest BCUT2D eigenvalue weighted by atomic mass is 35.5. The molecule has 0 saturated carbocycles. The summed E-state index contributed by atoms with van der Waals surface area (Å²) in [5, 5.41) is 7.57. The standard InChI is InChI=1S/C23H30ClN3O4S.C8H10N2/c1-2-31-19-6-7-21(22(24)15-19)18-4-3-5-20(14-18)32(29,30)26-16-23(28)27-12-9-17(8-11-25)10-13-27;1-6-3-2-4-7(5-6)8(9)10/h3-7,14-15,17,26H,2,8-13,16,25H2,1H3;2-5H,1H3,(H3,9,10). The van der Waals surface area contributed by atoms with E-state index in [9.17, 15) is 13.2 Å². The predicted molar refractivity (Wildman–Crippen MR) is 168 cm³/mol. The third-order valence-electron chi connectivity index (χ3n) is 6.99. The van der Waals surface area contributed by atoms with E-state index in [0.717, 1.165) is 30.4 Å². The smallest absolute Gasteiger partial charge is 0.241 e. The lowest BCUT2D eigenvalue weighted by Gasteiger charge is -2.32. The number of amides is 1. The van der Waals surface area contributed by atoms with Crippen LogP contribution >= 0.6 is 11.6 Å². The fourth-order valence-corrected chi connectivity index (χ4v) is 5.99. The molecule has 1 aliphatic rings. The highest BCUT2D eigenvalue weighted by Gasteiger charge is 2.24. The van der Waals surface area contributed by atoms with Crippen LogP contribution in [0, 0.1) is 18.3 Å². The van der Waals surface area contributed by atoms with Crippen molar-refractivity contribution in [3.63, 3.8) is 0 Å². The van der Waals surface area contributed by atoms with Crippen LogP contribution in [0.4, 0.5) is 0 Å². The van der Waals surface area contributed by atoms with E-state index in [1.54, 1.807) is 41.3 Å². The van der Waals surface area contributed by atoms with Crippen LogP contribution in [0.25, 0.3) is 11.1 Å². The van der Waals surface area contributed by atoms with Crippen molar-refractivity contribution in [2.45, 2.75) is 38.0 Å². The summed E-state index contributed by atoms with van der Waals surface area (Å²) in [7, 11) is -3.86. The number of amidine groups is 1. The summed E-state index contributed by atoms with van der Waals surface area (Å²) in [6.07, 6.45) is 2.77. The topological polar surface area (TPSA) is 152 Å². The maximum Gasteiger partial charge on any atom is 0.241 e. The monoisotopic (exact) mass is 613 g/mol. The van der Waals surface area contributed by atoms with Crippen LogP contribution in [0.3, 0.4) is 0 Å². The number of likely N-dealkylation sites (tertiary alicyclic amines) is 1. The van der Waals surface area contributed by atoms with Crippen molar-refractivity contribution in [1.82, 2.24) is 9.62 Å². The van der Waals surface area contributed by atoms with E-state index < -0.39 is 10.0 Å². The van der Waals surface area contributed by atoms with Crippen LogP contribution < -0.4 is 20.9 Å². The molecule has 6 N–H and O–H groups in total. The Hall–Kier alpha value is -3.44. The molecule has 1 saturated heterocycles. The molecule has 3 aromatic carbocycles. The third-order valence-corrected chi connectivity index (χ3v) is 8.70. The minimum atomic E-state index is -3.86. The lowest BCUT2D eigenvalue weighted by molar-refractivity contribution is -0.131. The number of benzene rings is 3. The summed E-state index contributed by atoms with van der Waals surface area (Å²) < 4.78 is 33.5. The SMILES string of the molecule is CCOc1ccc(-c2cccc(S(=O)(=O)NCC(=O)N3CCC(CCN)CC3)c2)c(Cl)c1.Cc1cccc(C(=N)N)c1. The number of ether oxygens (including phenoxy) is 1. The normalized spacial score (nSPS) is 13.7. The molecule has 0 aliphatic carbocycles. The van der Waals surface area contributed by atoms with Crippen molar-refractivity contribution in [2.75, 3.05) is 32.8 Å². The van der Waals surface area contributed by atoms with Crippen molar-refractivity contribution >= 4 is 33.4 Å².